The Morgan fingerprint density at radius 3 is 2.47 bits per heavy atom. The van der Waals surface area contributed by atoms with Crippen molar-refractivity contribution in [2.75, 3.05) is 4.72 Å². The van der Waals surface area contributed by atoms with E-state index in [1.165, 1.54) is 6.07 Å². The molecular formula is C11H10BrIN2O3S. The van der Waals surface area contributed by atoms with Gasteiger partial charge in [0.15, 0.2) is 4.67 Å². The van der Waals surface area contributed by atoms with Gasteiger partial charge in [0.2, 0.25) is 0 Å². The standard InChI is InChI=1S/C11H10BrIN2O3S/c12-11-10(5-9(6-14)18-11)19(16,17)15-8-3-1-7(13)2-4-8/h1-5,15H,6,14H2. The second-order valence-corrected chi connectivity index (χ2v) is 7.28. The summed E-state index contributed by atoms with van der Waals surface area (Å²) in [7, 11) is -3.69. The molecule has 0 atom stereocenters. The summed E-state index contributed by atoms with van der Waals surface area (Å²) in [6.07, 6.45) is 0. The minimum absolute atomic E-state index is 0.0338. The molecule has 0 amide bonds. The van der Waals surface area contributed by atoms with E-state index in [1.807, 2.05) is 12.1 Å². The van der Waals surface area contributed by atoms with E-state index < -0.39 is 10.0 Å². The van der Waals surface area contributed by atoms with Gasteiger partial charge < -0.3 is 10.2 Å². The molecule has 0 spiro atoms. The molecule has 1 aromatic heterocycles. The Balaban J connectivity index is 2.31. The quantitative estimate of drug-likeness (QED) is 0.692. The maximum absolute atomic E-state index is 12.2. The molecule has 0 saturated heterocycles. The van der Waals surface area contributed by atoms with Crippen molar-refractivity contribution < 1.29 is 12.8 Å². The van der Waals surface area contributed by atoms with Gasteiger partial charge in [-0.3, -0.25) is 4.72 Å². The first-order valence-electron chi connectivity index (χ1n) is 5.19. The van der Waals surface area contributed by atoms with Gasteiger partial charge in [-0.25, -0.2) is 8.42 Å². The molecule has 1 aromatic carbocycles. The zero-order chi connectivity index (χ0) is 14.0. The zero-order valence-corrected chi connectivity index (χ0v) is 14.1. The van der Waals surface area contributed by atoms with Gasteiger partial charge in [-0.1, -0.05) is 0 Å². The van der Waals surface area contributed by atoms with Crippen LogP contribution in [-0.4, -0.2) is 8.42 Å². The van der Waals surface area contributed by atoms with Crippen molar-refractivity contribution >= 4 is 54.2 Å². The van der Waals surface area contributed by atoms with Gasteiger partial charge in [0.05, 0.1) is 6.54 Å². The number of anilines is 1. The summed E-state index contributed by atoms with van der Waals surface area (Å²) in [6.45, 7) is 0.137. The first-order chi connectivity index (χ1) is 8.92. The lowest BCUT2D eigenvalue weighted by Gasteiger charge is -2.06. The second kappa shape index (κ2) is 5.81. The number of hydrogen-bond acceptors (Lipinski definition) is 4. The van der Waals surface area contributed by atoms with Crippen LogP contribution in [-0.2, 0) is 16.6 Å². The lowest BCUT2D eigenvalue weighted by atomic mass is 10.3. The minimum atomic E-state index is -3.69. The van der Waals surface area contributed by atoms with Gasteiger partial charge in [0, 0.05) is 15.3 Å². The van der Waals surface area contributed by atoms with Crippen molar-refractivity contribution in [2.24, 2.45) is 5.73 Å². The lowest BCUT2D eigenvalue weighted by Crippen LogP contribution is -2.12. The van der Waals surface area contributed by atoms with Crippen molar-refractivity contribution in [3.63, 3.8) is 0 Å². The number of furan rings is 1. The number of nitrogens with one attached hydrogen (secondary N) is 1. The van der Waals surface area contributed by atoms with E-state index in [1.54, 1.807) is 12.1 Å². The van der Waals surface area contributed by atoms with E-state index in [2.05, 4.69) is 43.2 Å². The molecule has 19 heavy (non-hydrogen) atoms. The zero-order valence-electron chi connectivity index (χ0n) is 9.56. The smallest absolute Gasteiger partial charge is 0.266 e. The molecule has 0 bridgehead atoms. The minimum Gasteiger partial charge on any atom is -0.452 e. The van der Waals surface area contributed by atoms with Crippen LogP contribution in [0.2, 0.25) is 0 Å². The Labute approximate surface area is 132 Å². The second-order valence-electron chi connectivity index (χ2n) is 3.67. The van der Waals surface area contributed by atoms with Gasteiger partial charge >= 0.3 is 0 Å². The molecule has 2 aromatic rings. The molecule has 0 radical (unpaired) electrons. The highest BCUT2D eigenvalue weighted by Gasteiger charge is 2.22. The van der Waals surface area contributed by atoms with Crippen LogP contribution in [0.3, 0.4) is 0 Å². The predicted octanol–water partition coefficient (Wildman–Crippen LogP) is 2.91. The first kappa shape index (κ1) is 14.8. The molecule has 0 aliphatic heterocycles. The fourth-order valence-electron chi connectivity index (χ4n) is 1.41. The third kappa shape index (κ3) is 3.50. The number of benzene rings is 1. The molecule has 102 valence electrons. The fourth-order valence-corrected chi connectivity index (χ4v) is 3.83. The summed E-state index contributed by atoms with van der Waals surface area (Å²) in [5.74, 6) is 0.398. The summed E-state index contributed by atoms with van der Waals surface area (Å²) >= 11 is 5.22. The lowest BCUT2D eigenvalue weighted by molar-refractivity contribution is 0.484. The molecular weight excluding hydrogens is 447 g/mol. The maximum atomic E-state index is 12.2. The molecule has 3 N–H and O–H groups in total. The largest absolute Gasteiger partial charge is 0.452 e. The highest BCUT2D eigenvalue weighted by Crippen LogP contribution is 2.27. The molecule has 1 heterocycles. The Morgan fingerprint density at radius 1 is 1.32 bits per heavy atom. The fraction of sp³-hybridized carbons (Fsp3) is 0.0909. The monoisotopic (exact) mass is 456 g/mol. The Bertz CT molecular complexity index is 682. The van der Waals surface area contributed by atoms with Crippen molar-refractivity contribution in [2.45, 2.75) is 11.4 Å². The van der Waals surface area contributed by atoms with Gasteiger partial charge in [-0.2, -0.15) is 0 Å². The van der Waals surface area contributed by atoms with E-state index in [0.29, 0.717) is 11.4 Å². The molecule has 0 saturated carbocycles. The SMILES string of the molecule is NCc1cc(S(=O)(=O)Nc2ccc(I)cc2)c(Br)o1. The summed E-state index contributed by atoms with van der Waals surface area (Å²) in [4.78, 5) is 0.0338. The van der Waals surface area contributed by atoms with E-state index in [4.69, 9.17) is 10.2 Å². The van der Waals surface area contributed by atoms with Crippen LogP contribution >= 0.6 is 38.5 Å². The van der Waals surface area contributed by atoms with E-state index in [-0.39, 0.29) is 16.1 Å². The van der Waals surface area contributed by atoms with E-state index >= 15 is 0 Å². The van der Waals surface area contributed by atoms with Crippen LogP contribution in [0.1, 0.15) is 5.76 Å². The number of sulfonamides is 1. The first-order valence-corrected chi connectivity index (χ1v) is 8.54. The molecule has 8 heteroatoms. The number of rotatable bonds is 4. The number of hydrogen-bond donors (Lipinski definition) is 2. The van der Waals surface area contributed by atoms with Crippen LogP contribution in [0.25, 0.3) is 0 Å². The Kier molecular flexibility index (Phi) is 4.54. The topological polar surface area (TPSA) is 85.3 Å². The van der Waals surface area contributed by atoms with Crippen molar-refractivity contribution in [1.29, 1.82) is 0 Å². The Morgan fingerprint density at radius 2 is 1.95 bits per heavy atom. The van der Waals surface area contributed by atoms with Crippen LogP contribution in [0, 0.1) is 3.57 Å². The van der Waals surface area contributed by atoms with Gasteiger partial charge in [-0.15, -0.1) is 0 Å². The summed E-state index contributed by atoms with van der Waals surface area (Å²) in [6, 6.07) is 8.41. The molecule has 0 fully saturated rings. The summed E-state index contributed by atoms with van der Waals surface area (Å²) < 4.78 is 33.2. The molecule has 2 rings (SSSR count). The van der Waals surface area contributed by atoms with Gasteiger partial charge in [-0.05, 0) is 62.8 Å². The van der Waals surface area contributed by atoms with E-state index in [0.717, 1.165) is 3.57 Å². The van der Waals surface area contributed by atoms with Crippen LogP contribution < -0.4 is 10.5 Å². The van der Waals surface area contributed by atoms with E-state index in [9.17, 15) is 8.42 Å². The van der Waals surface area contributed by atoms with Crippen LogP contribution in [0.4, 0.5) is 5.69 Å². The number of halogens is 2. The average Bonchev–Trinajstić information content (AvgIpc) is 2.74. The maximum Gasteiger partial charge on any atom is 0.266 e. The molecule has 5 nitrogen and oxygen atoms in total. The molecule has 0 aliphatic rings. The van der Waals surface area contributed by atoms with Gasteiger partial charge in [0.25, 0.3) is 10.0 Å². The predicted molar refractivity (Wildman–Crippen MR) is 84.3 cm³/mol. The van der Waals surface area contributed by atoms with Crippen LogP contribution in [0.15, 0.2) is 44.3 Å². The Hall–Kier alpha value is -0.580. The molecule has 0 aliphatic carbocycles. The van der Waals surface area contributed by atoms with Crippen molar-refractivity contribution in [1.82, 2.24) is 0 Å². The van der Waals surface area contributed by atoms with Crippen molar-refractivity contribution in [3.8, 4) is 0 Å². The normalized spacial score (nSPS) is 11.5. The number of nitrogens with two attached hydrogens (primary N) is 1. The summed E-state index contributed by atoms with van der Waals surface area (Å²) in [5, 5.41) is 0. The third-order valence-electron chi connectivity index (χ3n) is 2.29. The van der Waals surface area contributed by atoms with Crippen LogP contribution in [0.5, 0.6) is 0 Å². The highest BCUT2D eigenvalue weighted by molar-refractivity contribution is 14.1. The average molecular weight is 457 g/mol. The summed E-state index contributed by atoms with van der Waals surface area (Å²) in [5.41, 5.74) is 5.90. The van der Waals surface area contributed by atoms with Crippen molar-refractivity contribution in [3.05, 3.63) is 44.3 Å². The third-order valence-corrected chi connectivity index (χ3v) is 5.25. The van der Waals surface area contributed by atoms with Gasteiger partial charge in [0.1, 0.15) is 10.7 Å². The highest BCUT2D eigenvalue weighted by atomic mass is 127. The molecule has 0 unspecified atom stereocenters.